The summed E-state index contributed by atoms with van der Waals surface area (Å²) in [6.45, 7) is 7.33. The molecule has 2 aromatic rings. The Kier molecular flexibility index (Phi) is 8.04. The third kappa shape index (κ3) is 5.48. The molecule has 1 saturated carbocycles. The Hall–Kier alpha value is -3.90. The van der Waals surface area contributed by atoms with Crippen LogP contribution in [-0.4, -0.2) is 45.0 Å². The van der Waals surface area contributed by atoms with Crippen molar-refractivity contribution < 1.29 is 14.3 Å². The normalized spacial score (nSPS) is 25.1. The molecule has 10 heteroatoms. The summed E-state index contributed by atoms with van der Waals surface area (Å²) in [6, 6.07) is 7.82. The van der Waals surface area contributed by atoms with Crippen molar-refractivity contribution in [1.29, 1.82) is 5.26 Å². The van der Waals surface area contributed by atoms with E-state index in [0.717, 1.165) is 38.5 Å². The molecule has 1 aromatic heterocycles. The van der Waals surface area contributed by atoms with Crippen LogP contribution in [0.5, 0.6) is 11.5 Å². The highest BCUT2D eigenvalue weighted by Gasteiger charge is 2.56. The van der Waals surface area contributed by atoms with Crippen molar-refractivity contribution in [2.75, 3.05) is 0 Å². The first-order valence-corrected chi connectivity index (χ1v) is 14.8. The number of aromatic amines is 1. The highest BCUT2D eigenvalue weighted by atomic mass is 35.5. The second-order valence-corrected chi connectivity index (χ2v) is 12.5. The van der Waals surface area contributed by atoms with Gasteiger partial charge in [-0.1, -0.05) is 37.1 Å². The van der Waals surface area contributed by atoms with Gasteiger partial charge in [-0.25, -0.2) is 5.10 Å². The molecule has 0 spiro atoms. The lowest BCUT2D eigenvalue weighted by atomic mass is 9.64. The Morgan fingerprint density at radius 1 is 1.21 bits per heavy atom. The third-order valence-corrected chi connectivity index (χ3v) is 9.32. The number of halogens is 1. The van der Waals surface area contributed by atoms with Crippen molar-refractivity contribution in [3.8, 4) is 17.6 Å². The van der Waals surface area contributed by atoms with E-state index < -0.39 is 22.9 Å². The predicted octanol–water partition coefficient (Wildman–Crippen LogP) is 5.44. The molecule has 0 bridgehead atoms. The van der Waals surface area contributed by atoms with E-state index >= 15 is 0 Å². The lowest BCUT2D eigenvalue weighted by Crippen LogP contribution is -2.59. The van der Waals surface area contributed by atoms with Crippen molar-refractivity contribution in [2.24, 2.45) is 10.8 Å². The van der Waals surface area contributed by atoms with Gasteiger partial charge in [-0.05, 0) is 82.7 Å². The first-order valence-electron chi connectivity index (χ1n) is 14.4. The van der Waals surface area contributed by atoms with Gasteiger partial charge < -0.3 is 15.0 Å². The van der Waals surface area contributed by atoms with Gasteiger partial charge in [-0.2, -0.15) is 10.4 Å². The van der Waals surface area contributed by atoms with Crippen LogP contribution in [0.1, 0.15) is 74.0 Å². The number of hydrogen-bond donors (Lipinski definition) is 2. The molecule has 1 aliphatic heterocycles. The summed E-state index contributed by atoms with van der Waals surface area (Å²) in [5, 5.41) is 19.9. The largest absolute Gasteiger partial charge is 0.451 e. The van der Waals surface area contributed by atoms with Gasteiger partial charge in [0.2, 0.25) is 5.91 Å². The summed E-state index contributed by atoms with van der Waals surface area (Å²) in [5.74, 6) is -0.0552. The zero-order valence-electron chi connectivity index (χ0n) is 24.4. The molecule has 220 valence electrons. The topological polar surface area (TPSA) is 128 Å². The lowest BCUT2D eigenvalue weighted by molar-refractivity contribution is -0.141. The number of allylic oxidation sites excluding steroid dienone is 3. The number of H-pyrrole nitrogens is 1. The first kappa shape index (κ1) is 29.6. The number of benzene rings is 1. The Labute approximate surface area is 250 Å². The minimum absolute atomic E-state index is 0.108. The van der Waals surface area contributed by atoms with E-state index in [1.807, 2.05) is 23.1 Å². The molecule has 9 nitrogen and oxygen atoms in total. The van der Waals surface area contributed by atoms with Crippen LogP contribution in [0.15, 0.2) is 52.3 Å². The van der Waals surface area contributed by atoms with Gasteiger partial charge in [-0.3, -0.25) is 14.4 Å². The van der Waals surface area contributed by atoms with E-state index in [9.17, 15) is 19.6 Å². The standard InChI is InChI=1S/C32H36ClN5O4/c1-19-15-22(8-9-24(19)42-25-16-20(2)36-37-29(25)40)28(39)35-21(3)30(41)38-26(31(4)12-5-7-23(33)17-31)10-11-27(38)32(18-34)13-6-14-32/h5,7-9,15-17,21,26-27H,6,10-14H2,1-4H3,(H,35,39)(H,37,40)/t21-,26+,27-,31?/m1/s1. The van der Waals surface area contributed by atoms with Crippen LogP contribution in [0, 0.1) is 36.0 Å². The van der Waals surface area contributed by atoms with Crippen molar-refractivity contribution in [2.45, 2.75) is 84.3 Å². The fraction of sp³-hybridized carbons (Fsp3) is 0.469. The number of rotatable bonds is 7. The number of aryl methyl sites for hydroxylation is 2. The maximum atomic E-state index is 14.2. The second kappa shape index (κ2) is 11.4. The van der Waals surface area contributed by atoms with E-state index in [2.05, 4.69) is 28.5 Å². The van der Waals surface area contributed by atoms with Crippen molar-refractivity contribution >= 4 is 23.4 Å². The zero-order chi connectivity index (χ0) is 30.2. The molecule has 2 N–H and O–H groups in total. The van der Waals surface area contributed by atoms with Crippen molar-refractivity contribution in [3.63, 3.8) is 0 Å². The Balaban J connectivity index is 1.35. The predicted molar refractivity (Wildman–Crippen MR) is 159 cm³/mol. The molecule has 0 radical (unpaired) electrons. The minimum atomic E-state index is -0.812. The molecular formula is C32H36ClN5O4. The fourth-order valence-corrected chi connectivity index (χ4v) is 6.95. The number of ether oxygens (including phenoxy) is 1. The van der Waals surface area contributed by atoms with Gasteiger partial charge in [0, 0.05) is 28.1 Å². The van der Waals surface area contributed by atoms with Crippen LogP contribution in [0.3, 0.4) is 0 Å². The number of nitrogens with one attached hydrogen (secondary N) is 2. The molecule has 1 unspecified atom stereocenters. The smallest absolute Gasteiger partial charge is 0.307 e. The zero-order valence-corrected chi connectivity index (χ0v) is 25.1. The van der Waals surface area contributed by atoms with Crippen LogP contribution in [-0.2, 0) is 4.79 Å². The van der Waals surface area contributed by atoms with Crippen LogP contribution >= 0.6 is 11.6 Å². The van der Waals surface area contributed by atoms with Crippen molar-refractivity contribution in [1.82, 2.24) is 20.4 Å². The summed E-state index contributed by atoms with van der Waals surface area (Å²) in [6.07, 6.45) is 10.7. The van der Waals surface area contributed by atoms with Crippen molar-refractivity contribution in [3.05, 3.63) is 74.7 Å². The molecule has 2 fully saturated rings. The first-order chi connectivity index (χ1) is 20.0. The number of carbonyl (C=O) groups excluding carboxylic acids is 2. The molecule has 2 aliphatic carbocycles. The maximum Gasteiger partial charge on any atom is 0.307 e. The number of amides is 2. The van der Waals surface area contributed by atoms with Gasteiger partial charge >= 0.3 is 5.56 Å². The van der Waals surface area contributed by atoms with Gasteiger partial charge in [0.05, 0.1) is 23.2 Å². The van der Waals surface area contributed by atoms with E-state index in [1.165, 1.54) is 0 Å². The molecule has 1 aromatic carbocycles. The number of carbonyl (C=O) groups is 2. The number of likely N-dealkylation sites (tertiary alicyclic amines) is 1. The molecule has 1 saturated heterocycles. The van der Waals surface area contributed by atoms with E-state index in [0.29, 0.717) is 27.6 Å². The summed E-state index contributed by atoms with van der Waals surface area (Å²) in [5.41, 5.74) is 0.236. The van der Waals surface area contributed by atoms with Crippen LogP contribution in [0.25, 0.3) is 0 Å². The van der Waals surface area contributed by atoms with Crippen LogP contribution in [0.2, 0.25) is 0 Å². The average molecular weight is 590 g/mol. The van der Waals surface area contributed by atoms with E-state index in [1.54, 1.807) is 45.0 Å². The number of aromatic nitrogens is 2. The highest BCUT2D eigenvalue weighted by Crippen LogP contribution is 2.53. The highest BCUT2D eigenvalue weighted by molar-refractivity contribution is 6.31. The van der Waals surface area contributed by atoms with Gasteiger partial charge in [0.25, 0.3) is 5.91 Å². The van der Waals surface area contributed by atoms with Crippen LogP contribution < -0.4 is 15.6 Å². The molecule has 4 atom stereocenters. The number of hydrogen-bond acceptors (Lipinski definition) is 6. The fourth-order valence-electron chi connectivity index (χ4n) is 6.61. The minimum Gasteiger partial charge on any atom is -0.451 e. The maximum absolute atomic E-state index is 14.2. The second-order valence-electron chi connectivity index (χ2n) is 12.1. The van der Waals surface area contributed by atoms with E-state index in [-0.39, 0.29) is 29.2 Å². The molecule has 5 rings (SSSR count). The molecule has 3 aliphatic rings. The SMILES string of the molecule is Cc1cc(Oc2ccc(C(=O)N[C@H](C)C(=O)N3[C@H](C4(C)C=C(Cl)C=CC4)CC[C@@H]3C3(C#N)CCC3)cc2C)c(=O)[nH]n1. The Morgan fingerprint density at radius 2 is 1.95 bits per heavy atom. The quantitative estimate of drug-likeness (QED) is 0.442. The lowest BCUT2D eigenvalue weighted by Gasteiger charge is -2.48. The van der Waals surface area contributed by atoms with Gasteiger partial charge in [0.1, 0.15) is 11.8 Å². The molecular weight excluding hydrogens is 554 g/mol. The van der Waals surface area contributed by atoms with Crippen LogP contribution in [0.4, 0.5) is 0 Å². The third-order valence-electron chi connectivity index (χ3n) is 9.08. The number of nitrogens with zero attached hydrogens (tertiary/aromatic N) is 3. The molecule has 2 amide bonds. The summed E-state index contributed by atoms with van der Waals surface area (Å²) in [7, 11) is 0. The van der Waals surface area contributed by atoms with E-state index in [4.69, 9.17) is 16.3 Å². The Morgan fingerprint density at radius 3 is 2.60 bits per heavy atom. The average Bonchev–Trinajstić information content (AvgIpc) is 3.37. The summed E-state index contributed by atoms with van der Waals surface area (Å²) in [4.78, 5) is 41.4. The Bertz CT molecular complexity index is 1570. The molecule has 42 heavy (non-hydrogen) atoms. The van der Waals surface area contributed by atoms with Gasteiger partial charge in [0.15, 0.2) is 5.75 Å². The van der Waals surface area contributed by atoms with Gasteiger partial charge in [-0.15, -0.1) is 0 Å². The summed E-state index contributed by atoms with van der Waals surface area (Å²) < 4.78 is 5.78. The number of nitriles is 1. The molecule has 2 heterocycles. The monoisotopic (exact) mass is 589 g/mol. The summed E-state index contributed by atoms with van der Waals surface area (Å²) >= 11 is 6.41.